The number of aryl methyl sites for hydroxylation is 1. The molecule has 0 amide bonds. The van der Waals surface area contributed by atoms with Crippen molar-refractivity contribution in [2.75, 3.05) is 49.3 Å². The zero-order valence-corrected chi connectivity index (χ0v) is 17.2. The van der Waals surface area contributed by atoms with Crippen LogP contribution in [0.15, 0.2) is 29.2 Å². The van der Waals surface area contributed by atoms with Crippen molar-refractivity contribution in [1.82, 2.24) is 9.97 Å². The van der Waals surface area contributed by atoms with Crippen molar-refractivity contribution in [2.24, 2.45) is 0 Å². The Hall–Kier alpha value is -1.94. The van der Waals surface area contributed by atoms with Crippen molar-refractivity contribution in [3.05, 3.63) is 41.3 Å². The van der Waals surface area contributed by atoms with Crippen LogP contribution in [0, 0.1) is 5.82 Å². The Labute approximate surface area is 182 Å². The lowest BCUT2D eigenvalue weighted by Gasteiger charge is -2.49. The average Bonchev–Trinajstić information content (AvgIpc) is 3.12. The smallest absolute Gasteiger partial charge is 0.228 e. The number of methoxy groups -OCH3 is 1. The summed E-state index contributed by atoms with van der Waals surface area (Å²) >= 11 is -1.15. The minimum absolute atomic E-state index is 0.178. The van der Waals surface area contributed by atoms with Crippen molar-refractivity contribution in [3.8, 4) is 0 Å². The van der Waals surface area contributed by atoms with Crippen LogP contribution in [0.3, 0.4) is 0 Å². The van der Waals surface area contributed by atoms with Crippen molar-refractivity contribution in [3.63, 3.8) is 0 Å². The standard InChI is InChI=1S/C21H25FN4O3S/c1-28-21(14-2-4-15(22)5-3-14)12-26(13-21)20-24-17-8-11-30(27)18(17)19(25-20)23-16-6-9-29-10-7-16/h2-5,16H,6-13H2,1H3,(H,23,24,25)/t30-/m1/s1/i1D3. The Morgan fingerprint density at radius 2 is 2.07 bits per heavy atom. The minimum Gasteiger partial charge on any atom is -0.611 e. The van der Waals surface area contributed by atoms with Gasteiger partial charge in [-0.15, -0.1) is 0 Å². The Kier molecular flexibility index (Phi) is 4.43. The highest BCUT2D eigenvalue weighted by Gasteiger charge is 2.47. The third kappa shape index (κ3) is 3.53. The van der Waals surface area contributed by atoms with Crippen LogP contribution in [0.4, 0.5) is 16.2 Å². The van der Waals surface area contributed by atoms with Crippen LogP contribution >= 0.6 is 0 Å². The van der Waals surface area contributed by atoms with Gasteiger partial charge < -0.3 is 24.2 Å². The molecular weight excluding hydrogens is 407 g/mol. The fraction of sp³-hybridized carbons (Fsp3) is 0.524. The highest BCUT2D eigenvalue weighted by molar-refractivity contribution is 7.91. The topological polar surface area (TPSA) is 82.6 Å². The molecule has 30 heavy (non-hydrogen) atoms. The number of anilines is 2. The number of fused-ring (bicyclic) bond motifs is 1. The van der Waals surface area contributed by atoms with Gasteiger partial charge in [0.15, 0.2) is 5.82 Å². The van der Waals surface area contributed by atoms with Gasteiger partial charge in [-0.25, -0.2) is 9.37 Å². The molecule has 1 N–H and O–H groups in total. The van der Waals surface area contributed by atoms with Crippen LogP contribution in [-0.2, 0) is 32.7 Å². The van der Waals surface area contributed by atoms with Gasteiger partial charge in [0.25, 0.3) is 0 Å². The van der Waals surface area contributed by atoms with Crippen molar-refractivity contribution >= 4 is 22.9 Å². The van der Waals surface area contributed by atoms with Gasteiger partial charge in [0.2, 0.25) is 10.8 Å². The molecule has 2 aromatic rings. The maximum Gasteiger partial charge on any atom is 0.228 e. The molecule has 3 aliphatic heterocycles. The molecule has 5 rings (SSSR count). The second-order valence-electron chi connectivity index (χ2n) is 7.94. The summed E-state index contributed by atoms with van der Waals surface area (Å²) in [7, 11) is -2.62. The van der Waals surface area contributed by atoms with Gasteiger partial charge in [0, 0.05) is 32.7 Å². The summed E-state index contributed by atoms with van der Waals surface area (Å²) in [5.74, 6) is 1.12. The molecule has 0 aliphatic carbocycles. The molecule has 0 saturated carbocycles. The van der Waals surface area contributed by atoms with Crippen molar-refractivity contribution < 1.29 is 22.5 Å². The molecule has 0 radical (unpaired) electrons. The largest absolute Gasteiger partial charge is 0.611 e. The number of halogens is 1. The van der Waals surface area contributed by atoms with Gasteiger partial charge in [-0.3, -0.25) is 0 Å². The monoisotopic (exact) mass is 435 g/mol. The fourth-order valence-electron chi connectivity index (χ4n) is 4.23. The first-order valence-electron chi connectivity index (χ1n) is 11.6. The van der Waals surface area contributed by atoms with Gasteiger partial charge in [-0.2, -0.15) is 4.98 Å². The van der Waals surface area contributed by atoms with E-state index in [9.17, 15) is 8.94 Å². The van der Waals surface area contributed by atoms with Crippen LogP contribution in [0.2, 0.25) is 0 Å². The van der Waals surface area contributed by atoms with E-state index >= 15 is 0 Å². The molecule has 1 aromatic heterocycles. The van der Waals surface area contributed by atoms with Crippen LogP contribution in [0.5, 0.6) is 0 Å². The number of aromatic nitrogens is 2. The Morgan fingerprint density at radius 1 is 1.30 bits per heavy atom. The Bertz CT molecular complexity index is 1020. The number of nitrogens with one attached hydrogen (secondary N) is 1. The normalized spacial score (nSPS) is 25.1. The van der Waals surface area contributed by atoms with E-state index in [2.05, 4.69) is 10.3 Å². The highest BCUT2D eigenvalue weighted by Crippen LogP contribution is 2.39. The SMILES string of the molecule is [2H]C([2H])([2H])OC1(c2ccc(F)cc2)CN(c2nc3c(c(NC4CCOCC4)n2)[S@+]([O-])CC3)C1. The molecule has 1 aromatic carbocycles. The van der Waals surface area contributed by atoms with E-state index in [1.807, 2.05) is 4.90 Å². The molecule has 160 valence electrons. The van der Waals surface area contributed by atoms with Gasteiger partial charge in [-0.05, 0) is 41.7 Å². The van der Waals surface area contributed by atoms with Gasteiger partial charge in [0.05, 0.1) is 17.2 Å². The molecule has 2 saturated heterocycles. The quantitative estimate of drug-likeness (QED) is 0.721. The summed E-state index contributed by atoms with van der Waals surface area (Å²) in [5, 5.41) is 3.44. The summed E-state index contributed by atoms with van der Waals surface area (Å²) in [6.45, 7) is 1.74. The van der Waals surface area contributed by atoms with E-state index in [0.29, 0.717) is 47.6 Å². The maximum atomic E-state index is 13.4. The lowest BCUT2D eigenvalue weighted by atomic mass is 9.86. The third-order valence-electron chi connectivity index (χ3n) is 5.98. The molecule has 9 heteroatoms. The molecular formula is C21H25FN4O3S. The van der Waals surface area contributed by atoms with Crippen LogP contribution in [0.25, 0.3) is 0 Å². The van der Waals surface area contributed by atoms with E-state index in [0.717, 1.165) is 18.5 Å². The van der Waals surface area contributed by atoms with E-state index in [4.69, 9.17) is 18.6 Å². The number of benzene rings is 1. The van der Waals surface area contributed by atoms with Gasteiger partial charge in [-0.1, -0.05) is 12.1 Å². The molecule has 0 spiro atoms. The second-order valence-corrected chi connectivity index (χ2v) is 9.45. The number of hydrogen-bond donors (Lipinski definition) is 1. The number of nitrogens with zero attached hydrogens (tertiary/aromatic N) is 3. The van der Waals surface area contributed by atoms with Crippen LogP contribution in [0.1, 0.15) is 28.2 Å². The molecule has 1 atom stereocenters. The summed E-state index contributed by atoms with van der Waals surface area (Å²) < 4.78 is 59.8. The maximum absolute atomic E-state index is 13.4. The van der Waals surface area contributed by atoms with E-state index in [1.54, 1.807) is 12.1 Å². The highest BCUT2D eigenvalue weighted by atomic mass is 32.2. The first-order chi connectivity index (χ1) is 15.7. The zero-order valence-electron chi connectivity index (χ0n) is 19.4. The molecule has 0 bridgehead atoms. The van der Waals surface area contributed by atoms with Crippen molar-refractivity contribution in [1.29, 1.82) is 0 Å². The second kappa shape index (κ2) is 7.96. The summed E-state index contributed by atoms with van der Waals surface area (Å²) in [6, 6.07) is 5.85. The number of hydrogen-bond acceptors (Lipinski definition) is 7. The van der Waals surface area contributed by atoms with E-state index < -0.39 is 29.6 Å². The Morgan fingerprint density at radius 3 is 2.80 bits per heavy atom. The predicted octanol–water partition coefficient (Wildman–Crippen LogP) is 2.23. The molecule has 3 aliphatic rings. The van der Waals surface area contributed by atoms with Crippen molar-refractivity contribution in [2.45, 2.75) is 35.8 Å². The van der Waals surface area contributed by atoms with E-state index in [-0.39, 0.29) is 19.1 Å². The lowest BCUT2D eigenvalue weighted by Crippen LogP contribution is -2.61. The first kappa shape index (κ1) is 16.7. The molecule has 4 heterocycles. The number of ether oxygens (including phenoxy) is 2. The van der Waals surface area contributed by atoms with Gasteiger partial charge in [0.1, 0.15) is 22.9 Å². The predicted molar refractivity (Wildman–Crippen MR) is 112 cm³/mol. The molecule has 0 unspecified atom stereocenters. The summed E-state index contributed by atoms with van der Waals surface area (Å²) in [5.41, 5.74) is 0.210. The average molecular weight is 436 g/mol. The molecule has 7 nitrogen and oxygen atoms in total. The lowest BCUT2D eigenvalue weighted by molar-refractivity contribution is -0.0390. The fourth-order valence-corrected chi connectivity index (χ4v) is 5.54. The third-order valence-corrected chi connectivity index (χ3v) is 7.44. The summed E-state index contributed by atoms with van der Waals surface area (Å²) in [4.78, 5) is 11.8. The summed E-state index contributed by atoms with van der Waals surface area (Å²) in [6.07, 6.45) is 2.28. The zero-order chi connectivity index (χ0) is 23.2. The van der Waals surface area contributed by atoms with E-state index in [1.165, 1.54) is 12.1 Å². The van der Waals surface area contributed by atoms with Crippen LogP contribution < -0.4 is 10.2 Å². The first-order valence-corrected chi connectivity index (χ1v) is 11.4. The van der Waals surface area contributed by atoms with Crippen LogP contribution in [-0.4, -0.2) is 59.7 Å². The number of rotatable bonds is 5. The molecule has 2 fully saturated rings. The Balaban J connectivity index is 1.42. The van der Waals surface area contributed by atoms with Gasteiger partial charge >= 0.3 is 0 Å². The minimum atomic E-state index is -2.62.